The smallest absolute Gasteiger partial charge is 0.251 e. The molecule has 0 saturated carbocycles. The first-order valence-electron chi connectivity index (χ1n) is 7.54. The van der Waals surface area contributed by atoms with E-state index in [0.717, 1.165) is 23.6 Å². The number of pyridine rings is 1. The SMILES string of the molecule is CSCCC(NC(=O)c1cccc(Cl)c1)c1nnc2ccccn12. The van der Waals surface area contributed by atoms with Crippen LogP contribution in [-0.2, 0) is 0 Å². The highest BCUT2D eigenvalue weighted by molar-refractivity contribution is 7.98. The van der Waals surface area contributed by atoms with Crippen molar-refractivity contribution in [2.45, 2.75) is 12.5 Å². The Hall–Kier alpha value is -2.05. The largest absolute Gasteiger partial charge is 0.342 e. The monoisotopic (exact) mass is 360 g/mol. The molecule has 3 rings (SSSR count). The molecule has 2 heterocycles. The lowest BCUT2D eigenvalue weighted by Crippen LogP contribution is -2.30. The Balaban J connectivity index is 1.88. The zero-order valence-corrected chi connectivity index (χ0v) is 14.7. The topological polar surface area (TPSA) is 59.3 Å². The molecule has 2 aromatic heterocycles. The van der Waals surface area contributed by atoms with E-state index in [9.17, 15) is 4.79 Å². The maximum atomic E-state index is 12.6. The first-order valence-corrected chi connectivity index (χ1v) is 9.31. The van der Waals surface area contributed by atoms with E-state index in [1.807, 2.05) is 35.1 Å². The van der Waals surface area contributed by atoms with Crippen molar-refractivity contribution in [2.75, 3.05) is 12.0 Å². The number of carbonyl (C=O) groups is 1. The molecule has 0 aliphatic rings. The fourth-order valence-electron chi connectivity index (χ4n) is 2.47. The quantitative estimate of drug-likeness (QED) is 0.729. The Bertz CT molecular complexity index is 851. The third-order valence-corrected chi connectivity index (χ3v) is 4.53. The number of rotatable bonds is 6. The normalized spacial score (nSPS) is 12.2. The minimum Gasteiger partial charge on any atom is -0.342 e. The van der Waals surface area contributed by atoms with Crippen molar-refractivity contribution in [2.24, 2.45) is 0 Å². The van der Waals surface area contributed by atoms with Crippen LogP contribution in [0.15, 0.2) is 48.7 Å². The molecule has 0 fully saturated rings. The van der Waals surface area contributed by atoms with Crippen LogP contribution in [0.2, 0.25) is 5.02 Å². The Morgan fingerprint density at radius 3 is 2.96 bits per heavy atom. The van der Waals surface area contributed by atoms with Crippen LogP contribution in [0.4, 0.5) is 0 Å². The van der Waals surface area contributed by atoms with Crippen molar-refractivity contribution < 1.29 is 4.79 Å². The highest BCUT2D eigenvalue weighted by Gasteiger charge is 2.20. The second kappa shape index (κ2) is 7.68. The molecule has 3 aromatic rings. The molecule has 0 radical (unpaired) electrons. The Labute approximate surface area is 149 Å². The van der Waals surface area contributed by atoms with Crippen molar-refractivity contribution in [3.05, 3.63) is 65.1 Å². The van der Waals surface area contributed by atoms with Gasteiger partial charge in [0, 0.05) is 16.8 Å². The Morgan fingerprint density at radius 2 is 2.17 bits per heavy atom. The zero-order chi connectivity index (χ0) is 16.9. The van der Waals surface area contributed by atoms with Crippen LogP contribution in [0, 0.1) is 0 Å². The summed E-state index contributed by atoms with van der Waals surface area (Å²) in [5.74, 6) is 1.47. The van der Waals surface area contributed by atoms with Crippen LogP contribution >= 0.6 is 23.4 Å². The van der Waals surface area contributed by atoms with Crippen molar-refractivity contribution in [3.8, 4) is 0 Å². The van der Waals surface area contributed by atoms with E-state index in [2.05, 4.69) is 15.5 Å². The molecule has 1 N–H and O–H groups in total. The first kappa shape index (κ1) is 16.8. The number of thioether (sulfide) groups is 1. The minimum absolute atomic E-state index is 0.170. The highest BCUT2D eigenvalue weighted by atomic mass is 35.5. The number of amides is 1. The summed E-state index contributed by atoms with van der Waals surface area (Å²) in [6.45, 7) is 0. The highest BCUT2D eigenvalue weighted by Crippen LogP contribution is 2.19. The van der Waals surface area contributed by atoms with Crippen LogP contribution in [0.5, 0.6) is 0 Å². The standard InChI is InChI=1S/C17H17ClN4OS/c1-24-10-8-14(16-21-20-15-7-2-3-9-22(15)16)19-17(23)12-5-4-6-13(18)11-12/h2-7,9,11,14H,8,10H2,1H3,(H,19,23). The van der Waals surface area contributed by atoms with Crippen LogP contribution in [0.25, 0.3) is 5.65 Å². The molecule has 1 aromatic carbocycles. The van der Waals surface area contributed by atoms with Gasteiger partial charge in [-0.3, -0.25) is 9.20 Å². The van der Waals surface area contributed by atoms with E-state index in [1.165, 1.54) is 0 Å². The van der Waals surface area contributed by atoms with Crippen LogP contribution < -0.4 is 5.32 Å². The number of benzene rings is 1. The predicted molar refractivity (Wildman–Crippen MR) is 97.6 cm³/mol. The molecule has 1 unspecified atom stereocenters. The van der Waals surface area contributed by atoms with E-state index in [4.69, 9.17) is 11.6 Å². The fourth-order valence-corrected chi connectivity index (χ4v) is 3.13. The molecule has 5 nitrogen and oxygen atoms in total. The Kier molecular flexibility index (Phi) is 5.37. The average Bonchev–Trinajstić information content (AvgIpc) is 3.02. The number of carbonyl (C=O) groups excluding carboxylic acids is 1. The number of hydrogen-bond acceptors (Lipinski definition) is 4. The van der Waals surface area contributed by atoms with Crippen molar-refractivity contribution >= 4 is 34.9 Å². The lowest BCUT2D eigenvalue weighted by atomic mass is 10.1. The summed E-state index contributed by atoms with van der Waals surface area (Å²) >= 11 is 7.71. The molecule has 0 saturated heterocycles. The molecule has 124 valence electrons. The van der Waals surface area contributed by atoms with E-state index < -0.39 is 0 Å². The number of halogens is 1. The van der Waals surface area contributed by atoms with Gasteiger partial charge in [-0.25, -0.2) is 0 Å². The summed E-state index contributed by atoms with van der Waals surface area (Å²) in [4.78, 5) is 12.6. The molecule has 0 spiro atoms. The Morgan fingerprint density at radius 1 is 1.29 bits per heavy atom. The van der Waals surface area contributed by atoms with Gasteiger partial charge in [0.2, 0.25) is 0 Å². The molecule has 24 heavy (non-hydrogen) atoms. The molecule has 1 amide bonds. The van der Waals surface area contributed by atoms with Gasteiger partial charge in [-0.05, 0) is 48.8 Å². The van der Waals surface area contributed by atoms with Crippen LogP contribution in [0.3, 0.4) is 0 Å². The number of nitrogens with zero attached hydrogens (tertiary/aromatic N) is 3. The molecular weight excluding hydrogens is 344 g/mol. The van der Waals surface area contributed by atoms with Gasteiger partial charge in [0.15, 0.2) is 11.5 Å². The van der Waals surface area contributed by atoms with Crippen LogP contribution in [-0.4, -0.2) is 32.5 Å². The minimum atomic E-state index is -0.221. The summed E-state index contributed by atoms with van der Waals surface area (Å²) in [7, 11) is 0. The van der Waals surface area contributed by atoms with E-state index >= 15 is 0 Å². The van der Waals surface area contributed by atoms with E-state index in [0.29, 0.717) is 10.6 Å². The van der Waals surface area contributed by atoms with Gasteiger partial charge in [-0.2, -0.15) is 11.8 Å². The number of fused-ring (bicyclic) bond motifs is 1. The van der Waals surface area contributed by atoms with Gasteiger partial charge in [0.25, 0.3) is 5.91 Å². The van der Waals surface area contributed by atoms with Gasteiger partial charge in [-0.1, -0.05) is 23.7 Å². The zero-order valence-electron chi connectivity index (χ0n) is 13.1. The molecule has 0 aliphatic carbocycles. The third-order valence-electron chi connectivity index (χ3n) is 3.65. The molecule has 1 atom stereocenters. The third kappa shape index (κ3) is 3.71. The summed E-state index contributed by atoms with van der Waals surface area (Å²) in [5.41, 5.74) is 1.30. The lowest BCUT2D eigenvalue weighted by molar-refractivity contribution is 0.0934. The molecule has 7 heteroatoms. The summed E-state index contributed by atoms with van der Waals surface area (Å²) in [6.07, 6.45) is 4.71. The van der Waals surface area contributed by atoms with Gasteiger partial charge >= 0.3 is 0 Å². The maximum Gasteiger partial charge on any atom is 0.251 e. The number of hydrogen-bond donors (Lipinski definition) is 1. The maximum absolute atomic E-state index is 12.6. The summed E-state index contributed by atoms with van der Waals surface area (Å²) in [5, 5.41) is 12.0. The fraction of sp³-hybridized carbons (Fsp3) is 0.235. The number of aromatic nitrogens is 3. The van der Waals surface area contributed by atoms with E-state index in [1.54, 1.807) is 36.0 Å². The number of nitrogens with one attached hydrogen (secondary N) is 1. The first-order chi connectivity index (χ1) is 11.7. The van der Waals surface area contributed by atoms with Crippen molar-refractivity contribution in [1.82, 2.24) is 19.9 Å². The predicted octanol–water partition coefficient (Wildman–Crippen LogP) is 3.61. The summed E-state index contributed by atoms with van der Waals surface area (Å²) in [6, 6.07) is 12.4. The second-order valence-corrected chi connectivity index (χ2v) is 6.73. The molecule has 0 aliphatic heterocycles. The van der Waals surface area contributed by atoms with E-state index in [-0.39, 0.29) is 11.9 Å². The lowest BCUT2D eigenvalue weighted by Gasteiger charge is -2.17. The molecule has 0 bridgehead atoms. The molecular formula is C17H17ClN4OS. The van der Waals surface area contributed by atoms with Gasteiger partial charge in [-0.15, -0.1) is 10.2 Å². The summed E-state index contributed by atoms with van der Waals surface area (Å²) < 4.78 is 1.91. The second-order valence-electron chi connectivity index (χ2n) is 5.30. The van der Waals surface area contributed by atoms with Crippen molar-refractivity contribution in [1.29, 1.82) is 0 Å². The van der Waals surface area contributed by atoms with Crippen molar-refractivity contribution in [3.63, 3.8) is 0 Å². The van der Waals surface area contributed by atoms with Crippen LogP contribution in [0.1, 0.15) is 28.6 Å². The average molecular weight is 361 g/mol. The van der Waals surface area contributed by atoms with Gasteiger partial charge < -0.3 is 5.32 Å². The van der Waals surface area contributed by atoms with Gasteiger partial charge in [0.1, 0.15) is 0 Å². The van der Waals surface area contributed by atoms with Gasteiger partial charge in [0.05, 0.1) is 6.04 Å².